The first-order valence-electron chi connectivity index (χ1n) is 6.02. The monoisotopic (exact) mass is 273 g/mol. The summed E-state index contributed by atoms with van der Waals surface area (Å²) in [6, 6.07) is 7.45. The van der Waals surface area contributed by atoms with E-state index in [1.165, 1.54) is 11.8 Å². The normalized spacial score (nSPS) is 12.7. The molecule has 1 aliphatic rings. The largest absolute Gasteiger partial charge is 0.384 e. The lowest BCUT2D eigenvalue weighted by atomic mass is 10.1. The second kappa shape index (κ2) is 4.90. The summed E-state index contributed by atoms with van der Waals surface area (Å²) in [5.74, 6) is -0.224. The smallest absolute Gasteiger partial charge is 0.257 e. The van der Waals surface area contributed by atoms with Crippen LogP contribution < -0.4 is 10.6 Å². The number of halogens is 1. The van der Waals surface area contributed by atoms with Gasteiger partial charge in [-0.15, -0.1) is 0 Å². The van der Waals surface area contributed by atoms with Crippen LogP contribution in [0.1, 0.15) is 15.9 Å². The second-order valence-electron chi connectivity index (χ2n) is 4.36. The highest BCUT2D eigenvalue weighted by atomic mass is 35.5. The number of aromatic nitrogens is 1. The fourth-order valence-electron chi connectivity index (χ4n) is 2.14. The molecular formula is C14H12ClN3O. The van der Waals surface area contributed by atoms with Crippen LogP contribution in [0.3, 0.4) is 0 Å². The minimum Gasteiger partial charge on any atom is -0.384 e. The van der Waals surface area contributed by atoms with Crippen molar-refractivity contribution in [2.45, 2.75) is 6.42 Å². The summed E-state index contributed by atoms with van der Waals surface area (Å²) in [6.45, 7) is 0.947. The summed E-state index contributed by atoms with van der Waals surface area (Å²) in [4.78, 5) is 16.0. The first kappa shape index (κ1) is 12.0. The number of hydrogen-bond donors (Lipinski definition) is 2. The van der Waals surface area contributed by atoms with Crippen LogP contribution in [0.15, 0.2) is 36.7 Å². The van der Waals surface area contributed by atoms with E-state index in [2.05, 4.69) is 15.6 Å². The number of pyridine rings is 1. The lowest BCUT2D eigenvalue weighted by Crippen LogP contribution is -2.12. The molecule has 0 radical (unpaired) electrons. The zero-order valence-electron chi connectivity index (χ0n) is 10.1. The third-order valence-electron chi connectivity index (χ3n) is 3.09. The number of carbonyl (C=O) groups is 1. The third-order valence-corrected chi connectivity index (χ3v) is 3.39. The molecule has 0 fully saturated rings. The highest BCUT2D eigenvalue weighted by molar-refractivity contribution is 6.34. The molecule has 1 aromatic heterocycles. The van der Waals surface area contributed by atoms with Gasteiger partial charge >= 0.3 is 0 Å². The molecule has 96 valence electrons. The molecule has 19 heavy (non-hydrogen) atoms. The van der Waals surface area contributed by atoms with Crippen molar-refractivity contribution >= 4 is 28.9 Å². The fourth-order valence-corrected chi connectivity index (χ4v) is 2.35. The molecule has 2 heterocycles. The minimum absolute atomic E-state index is 0.224. The molecule has 1 aromatic carbocycles. The van der Waals surface area contributed by atoms with Gasteiger partial charge < -0.3 is 10.6 Å². The van der Waals surface area contributed by atoms with Crippen molar-refractivity contribution in [3.05, 3.63) is 52.8 Å². The molecule has 5 heteroatoms. The highest BCUT2D eigenvalue weighted by Gasteiger charge is 2.13. The van der Waals surface area contributed by atoms with Crippen molar-refractivity contribution in [2.75, 3.05) is 17.2 Å². The number of anilines is 2. The van der Waals surface area contributed by atoms with E-state index in [1.54, 1.807) is 12.3 Å². The van der Waals surface area contributed by atoms with Gasteiger partial charge in [-0.3, -0.25) is 9.78 Å². The maximum atomic E-state index is 12.1. The summed E-state index contributed by atoms with van der Waals surface area (Å²) >= 11 is 5.95. The Hall–Kier alpha value is -2.07. The molecule has 2 aromatic rings. The lowest BCUT2D eigenvalue weighted by molar-refractivity contribution is 0.102. The number of nitrogens with one attached hydrogen (secondary N) is 2. The molecule has 2 N–H and O–H groups in total. The molecule has 0 unspecified atom stereocenters. The number of hydrogen-bond acceptors (Lipinski definition) is 3. The SMILES string of the molecule is O=C(Nc1ccc2c(c1)CCN2)c1ccncc1Cl. The molecule has 0 saturated heterocycles. The van der Waals surface area contributed by atoms with Crippen LogP contribution in [0.4, 0.5) is 11.4 Å². The van der Waals surface area contributed by atoms with Gasteiger partial charge in [0.1, 0.15) is 0 Å². The average molecular weight is 274 g/mol. The number of benzene rings is 1. The van der Waals surface area contributed by atoms with E-state index >= 15 is 0 Å². The Kier molecular flexibility index (Phi) is 3.09. The lowest BCUT2D eigenvalue weighted by Gasteiger charge is -2.08. The molecule has 0 saturated carbocycles. The van der Waals surface area contributed by atoms with Gasteiger partial charge in [0, 0.05) is 30.3 Å². The maximum Gasteiger partial charge on any atom is 0.257 e. The van der Waals surface area contributed by atoms with Crippen LogP contribution in [0.25, 0.3) is 0 Å². The zero-order chi connectivity index (χ0) is 13.2. The number of rotatable bonds is 2. The Morgan fingerprint density at radius 1 is 1.37 bits per heavy atom. The van der Waals surface area contributed by atoms with E-state index in [-0.39, 0.29) is 5.91 Å². The quantitative estimate of drug-likeness (QED) is 0.884. The Morgan fingerprint density at radius 3 is 3.11 bits per heavy atom. The van der Waals surface area contributed by atoms with Crippen molar-refractivity contribution in [1.82, 2.24) is 4.98 Å². The number of carbonyl (C=O) groups excluding carboxylic acids is 1. The van der Waals surface area contributed by atoms with Crippen LogP contribution in [0.2, 0.25) is 5.02 Å². The Bertz CT molecular complexity index is 642. The first-order chi connectivity index (χ1) is 9.24. The van der Waals surface area contributed by atoms with E-state index in [0.717, 1.165) is 24.3 Å². The fraction of sp³-hybridized carbons (Fsp3) is 0.143. The topological polar surface area (TPSA) is 54.0 Å². The van der Waals surface area contributed by atoms with Gasteiger partial charge in [-0.25, -0.2) is 0 Å². The number of fused-ring (bicyclic) bond motifs is 1. The zero-order valence-corrected chi connectivity index (χ0v) is 10.9. The molecule has 0 bridgehead atoms. The van der Waals surface area contributed by atoms with Crippen molar-refractivity contribution in [3.63, 3.8) is 0 Å². The third kappa shape index (κ3) is 2.39. The molecule has 0 atom stereocenters. The summed E-state index contributed by atoms with van der Waals surface area (Å²) in [5, 5.41) is 6.48. The van der Waals surface area contributed by atoms with Gasteiger partial charge in [-0.2, -0.15) is 0 Å². The molecule has 0 spiro atoms. The van der Waals surface area contributed by atoms with Crippen molar-refractivity contribution in [3.8, 4) is 0 Å². The van der Waals surface area contributed by atoms with Crippen LogP contribution in [-0.2, 0) is 6.42 Å². The number of amides is 1. The van der Waals surface area contributed by atoms with Crippen LogP contribution in [0.5, 0.6) is 0 Å². The summed E-state index contributed by atoms with van der Waals surface area (Å²) in [6.07, 6.45) is 3.99. The predicted molar refractivity (Wildman–Crippen MR) is 75.8 cm³/mol. The van der Waals surface area contributed by atoms with Gasteiger partial charge in [0.25, 0.3) is 5.91 Å². The van der Waals surface area contributed by atoms with Crippen LogP contribution in [-0.4, -0.2) is 17.4 Å². The molecule has 1 aliphatic heterocycles. The van der Waals surface area contributed by atoms with E-state index in [0.29, 0.717) is 10.6 Å². The molecular weight excluding hydrogens is 262 g/mol. The average Bonchev–Trinajstić information content (AvgIpc) is 2.86. The number of nitrogens with zero attached hydrogens (tertiary/aromatic N) is 1. The molecule has 3 rings (SSSR count). The first-order valence-corrected chi connectivity index (χ1v) is 6.39. The molecule has 1 amide bonds. The van der Waals surface area contributed by atoms with E-state index < -0.39 is 0 Å². The van der Waals surface area contributed by atoms with Crippen LogP contribution in [0, 0.1) is 0 Å². The second-order valence-corrected chi connectivity index (χ2v) is 4.77. The van der Waals surface area contributed by atoms with E-state index in [4.69, 9.17) is 11.6 Å². The van der Waals surface area contributed by atoms with Gasteiger partial charge in [0.15, 0.2) is 0 Å². The Balaban J connectivity index is 1.82. The Labute approximate surface area is 115 Å². The standard InChI is InChI=1S/C14H12ClN3O/c15-12-8-16-5-4-11(12)14(19)18-10-1-2-13-9(7-10)3-6-17-13/h1-2,4-5,7-8,17H,3,6H2,(H,18,19). The van der Waals surface area contributed by atoms with Gasteiger partial charge in [-0.1, -0.05) is 11.6 Å². The van der Waals surface area contributed by atoms with Crippen molar-refractivity contribution in [2.24, 2.45) is 0 Å². The highest BCUT2D eigenvalue weighted by Crippen LogP contribution is 2.25. The Morgan fingerprint density at radius 2 is 2.26 bits per heavy atom. The van der Waals surface area contributed by atoms with E-state index in [1.807, 2.05) is 18.2 Å². The summed E-state index contributed by atoms with van der Waals surface area (Å²) in [5.41, 5.74) is 3.56. The van der Waals surface area contributed by atoms with E-state index in [9.17, 15) is 4.79 Å². The van der Waals surface area contributed by atoms with Gasteiger partial charge in [0.2, 0.25) is 0 Å². The van der Waals surface area contributed by atoms with Crippen molar-refractivity contribution < 1.29 is 4.79 Å². The van der Waals surface area contributed by atoms with Gasteiger partial charge in [0.05, 0.1) is 10.6 Å². The molecule has 4 nitrogen and oxygen atoms in total. The summed E-state index contributed by atoms with van der Waals surface area (Å²) in [7, 11) is 0. The maximum absolute atomic E-state index is 12.1. The minimum atomic E-state index is -0.224. The predicted octanol–water partition coefficient (Wildman–Crippen LogP) is 2.96. The van der Waals surface area contributed by atoms with Gasteiger partial charge in [-0.05, 0) is 36.2 Å². The summed E-state index contributed by atoms with van der Waals surface area (Å²) < 4.78 is 0. The van der Waals surface area contributed by atoms with Crippen molar-refractivity contribution in [1.29, 1.82) is 0 Å². The molecule has 0 aliphatic carbocycles. The van der Waals surface area contributed by atoms with Crippen LogP contribution >= 0.6 is 11.6 Å².